The van der Waals surface area contributed by atoms with Crippen LogP contribution in [0, 0.1) is 144 Å². The minimum absolute atomic E-state index is 0.0122. The van der Waals surface area contributed by atoms with Gasteiger partial charge in [0.2, 0.25) is 0 Å². The van der Waals surface area contributed by atoms with Gasteiger partial charge in [0.05, 0.1) is 73.4 Å². The van der Waals surface area contributed by atoms with Crippen LogP contribution >= 0.6 is 10.7 Å². The Morgan fingerprint density at radius 3 is 1.28 bits per heavy atom. The zero-order chi connectivity index (χ0) is 97.8. The molecule has 6 aliphatic heterocycles. The number of aromatic amines is 1. The van der Waals surface area contributed by atoms with Gasteiger partial charge in [0.25, 0.3) is 29.1 Å². The maximum atomic E-state index is 13.6. The van der Waals surface area contributed by atoms with Crippen molar-refractivity contribution < 1.29 is 49.0 Å². The third-order valence-electron chi connectivity index (χ3n) is 41.7. The Morgan fingerprint density at radius 2 is 0.850 bits per heavy atom. The Labute approximate surface area is 838 Å². The van der Waals surface area contributed by atoms with E-state index in [1.54, 1.807) is 69.8 Å². The van der Waals surface area contributed by atoms with Crippen molar-refractivity contribution in [3.63, 3.8) is 0 Å². The molecular weight excluding hydrogens is 1830 g/mol. The van der Waals surface area contributed by atoms with Gasteiger partial charge in [-0.05, 0) is 392 Å². The predicted molar refractivity (Wildman–Crippen MR) is 547 cm³/mol. The number of H-pyrrole nitrogens is 1. The fraction of sp³-hybridized carbons (Fsp3) is 0.655. The number of benzene rings is 4. The molecule has 4 aromatic carbocycles. The van der Waals surface area contributed by atoms with E-state index >= 15 is 0 Å². The van der Waals surface area contributed by atoms with Crippen molar-refractivity contribution in [1.82, 2.24) is 44.1 Å². The molecule has 140 heavy (non-hydrogen) atoms. The molecule has 30 atom stereocenters. The molecule has 20 nitrogen and oxygen atoms in total. The number of halogens is 1. The molecule has 24 heteroatoms. The number of likely N-dealkylation sites (tertiary alicyclic amines) is 1. The summed E-state index contributed by atoms with van der Waals surface area (Å²) in [6.07, 6.45) is 37.7. The highest BCUT2D eigenvalue weighted by Crippen LogP contribution is 2.70. The fourth-order valence-corrected chi connectivity index (χ4v) is 37.2. The monoisotopic (exact) mass is 1980 g/mol. The van der Waals surface area contributed by atoms with Crippen LogP contribution in [0.4, 0.5) is 4.79 Å². The van der Waals surface area contributed by atoms with Crippen LogP contribution in [0.1, 0.15) is 274 Å². The van der Waals surface area contributed by atoms with Gasteiger partial charge in [-0.3, -0.25) is 5.10 Å². The summed E-state index contributed by atoms with van der Waals surface area (Å²) in [7, 11) is -5.85. The summed E-state index contributed by atoms with van der Waals surface area (Å²) in [5, 5.41) is 24.9. The average Bonchev–Trinajstić information content (AvgIpc) is 1.49. The Hall–Kier alpha value is -7.06. The second-order valence-corrected chi connectivity index (χ2v) is 55.8. The summed E-state index contributed by atoms with van der Waals surface area (Å²) >= 11 is 0. The quantitative estimate of drug-likeness (QED) is 0.0991. The van der Waals surface area contributed by atoms with Gasteiger partial charge in [-0.25, -0.2) is 13.2 Å². The van der Waals surface area contributed by atoms with Crippen molar-refractivity contribution in [3.8, 4) is 0 Å². The number of ether oxygens (including phenoxy) is 4. The van der Waals surface area contributed by atoms with E-state index in [-0.39, 0.29) is 56.7 Å². The lowest BCUT2D eigenvalue weighted by atomic mass is 9.52. The number of piperidine rings is 3. The van der Waals surface area contributed by atoms with Gasteiger partial charge in [-0.2, -0.15) is 40.3 Å². The maximum absolute atomic E-state index is 13.6. The number of amides is 1. The van der Waals surface area contributed by atoms with Crippen molar-refractivity contribution >= 4 is 45.9 Å². The molecule has 3 aromatic heterocycles. The third kappa shape index (κ3) is 16.9. The molecule has 1 amide bonds. The van der Waals surface area contributed by atoms with Gasteiger partial charge < -0.3 is 34.5 Å². The van der Waals surface area contributed by atoms with Crippen LogP contribution in [0.5, 0.6) is 0 Å². The molecule has 0 unspecified atom stereocenters. The third-order valence-corrected chi connectivity index (χ3v) is 46.1. The first kappa shape index (κ1) is 97.7. The Bertz CT molecular complexity index is 6120. The van der Waals surface area contributed by atoms with Crippen LogP contribution in [-0.2, 0) is 93.2 Å². The highest BCUT2D eigenvalue weighted by atomic mass is 35.7. The van der Waals surface area contributed by atoms with Crippen LogP contribution < -0.4 is 10.6 Å². The summed E-state index contributed by atoms with van der Waals surface area (Å²) in [5.41, 5.74) is 21.9. The van der Waals surface area contributed by atoms with Gasteiger partial charge in [-0.15, -0.1) is 0 Å². The van der Waals surface area contributed by atoms with Crippen molar-refractivity contribution in [2.24, 2.45) is 123 Å². The van der Waals surface area contributed by atoms with Crippen LogP contribution in [0.2, 0.25) is 0 Å². The van der Waals surface area contributed by atoms with E-state index in [1.165, 1.54) is 147 Å². The van der Waals surface area contributed by atoms with Gasteiger partial charge in [0.15, 0.2) is 0 Å². The Kier molecular flexibility index (Phi) is 25.5. The number of aromatic nitrogens is 6. The molecule has 0 bridgehead atoms. The number of rotatable bonds is 7. The lowest BCUT2D eigenvalue weighted by Gasteiger charge is -2.52. The number of fused-ring (bicyclic) bond motifs is 21. The van der Waals surface area contributed by atoms with Crippen molar-refractivity contribution in [2.75, 3.05) is 19.6 Å². The highest BCUT2D eigenvalue weighted by molar-refractivity contribution is 8.13. The van der Waals surface area contributed by atoms with E-state index in [0.717, 1.165) is 152 Å². The molecule has 3 spiro atoms. The summed E-state index contributed by atoms with van der Waals surface area (Å²) < 4.78 is 105. The molecule has 3 N–H and O–H groups in total. The van der Waals surface area contributed by atoms with Gasteiger partial charge in [0.1, 0.15) is 6.61 Å². The Balaban J connectivity index is 0.000000114. The number of aryl methyl sites for hydroxylation is 3. The minimum Gasteiger partial charge on any atom is -0.445 e. The largest absolute Gasteiger partial charge is 0.445 e. The minimum atomic E-state index is -3.69. The molecule has 754 valence electrons. The van der Waals surface area contributed by atoms with Crippen LogP contribution in [0.3, 0.4) is 0 Å². The van der Waals surface area contributed by atoms with Gasteiger partial charge in [-0.1, -0.05) is 179 Å². The van der Waals surface area contributed by atoms with Crippen molar-refractivity contribution in [2.45, 2.75) is 352 Å². The lowest BCUT2D eigenvalue weighted by Crippen LogP contribution is -2.54. The molecular formula is C116H154ClN9O11S3. The Morgan fingerprint density at radius 1 is 0.457 bits per heavy atom. The topological polar surface area (TPSA) is 248 Å². The second-order valence-electron chi connectivity index (χ2n) is 49.6. The molecule has 25 rings (SSSR count). The van der Waals surface area contributed by atoms with Crippen molar-refractivity contribution in [1.29, 1.82) is 0 Å². The van der Waals surface area contributed by atoms with Gasteiger partial charge >= 0.3 is 6.09 Å². The van der Waals surface area contributed by atoms with E-state index in [1.807, 2.05) is 92.7 Å². The zero-order valence-corrected chi connectivity index (χ0v) is 88.8. The van der Waals surface area contributed by atoms with E-state index in [9.17, 15) is 30.0 Å². The van der Waals surface area contributed by atoms with Gasteiger partial charge in [0, 0.05) is 65.2 Å². The number of carbonyl (C=O) groups is 1. The first-order valence-corrected chi connectivity index (χ1v) is 59.3. The van der Waals surface area contributed by atoms with E-state index in [2.05, 4.69) is 110 Å². The first-order chi connectivity index (χ1) is 66.7. The smallest absolute Gasteiger partial charge is 0.410 e. The fourth-order valence-electron chi connectivity index (χ4n) is 34.0. The molecule has 6 saturated heterocycles. The molecule has 9 heterocycles. The van der Waals surface area contributed by atoms with E-state index < -0.39 is 29.1 Å². The number of hydrogen-bond acceptors (Lipinski definition) is 16. The number of carbonyl (C=O) groups excluding carboxylic acids is 1. The standard InChI is InChI=1S/C37H49N3O3.2C36H49N3O3S.C7H7ClO2S/c1-22-14-33-34(40(20-22)35(41)42-21-25-8-6-5-7-9-25)24(3)37(43-33)13-12-28-29-11-10-27-15-32-26(19-38-39-32)18-36(27,4)31(29)16-30(28)23(2)17-37;2*1-21-6-9-27(10-7-21)43(40,41)39-20-25-18-35(5)26(15-32(25)38-39)8-11-29-28-12-13-36(17-23(3)30(28)16-31(29)35)24(4)34-33(42-36)14-22(2)19-37-34;1-6-2-4-7(5-3-6)11(8,9)10/h5-9,19,22,24,27-29,31,33-34H,10-18,20-21H2,1-4H3,(H,38,39);2*6-7,9-10,20,22,24,26,28-29,31,33-34,37H,8,11-19H2,1-5H3;2-5H,1H3/t22-,24+,27+,28-,29-,31-,33+,34-,36-,37-;2*22-,24+,26+,28-,29-,31-,33+,34-,35-,36-;/m000./s1. The molecule has 6 saturated carbocycles. The number of nitrogens with one attached hydrogen (secondary N) is 3. The SMILES string of the molecule is CC1=C2C[C@H]3[C@@H](CC[C@@H]4Cc5[nH]ncc5C[C@@]43C)[C@@H]2CC[C@@]2(C1)O[C@@H]1C[C@H](C)CN(C(=O)OCc3ccccc3)[C@H]1[C@H]2C.CC1=C2C[C@H]3[C@@H](CC[C@@H]4Cc5nn(S(=O)(=O)c6ccc(C)cc6)cc5C[C@@]43C)[C@@H]2CC[C@@]2(C1)O[C@@H]1C[C@H](C)CN[C@H]1[C@H]2C.CC1=C2C[C@H]3[C@@H](CC[C@@H]4Cc5nn(S(=O)(=O)c6ccc(C)cc6)cc5C[C@@]43C)[C@@H]2CC[C@@]2(C1)O[C@@H]1C[C@H](C)CN[C@H]1[C@H]2C.Cc1ccc(S(=O)(=O)Cl)cc1. The van der Waals surface area contributed by atoms with Crippen molar-refractivity contribution in [3.05, 3.63) is 211 Å². The number of hydrogen-bond donors (Lipinski definition) is 3. The van der Waals surface area contributed by atoms with Crippen LogP contribution in [-0.4, -0.2) is 138 Å². The predicted octanol–water partition coefficient (Wildman–Crippen LogP) is 22.4. The summed E-state index contributed by atoms with van der Waals surface area (Å²) in [6.45, 7) is 38.4. The van der Waals surface area contributed by atoms with Crippen LogP contribution in [0.15, 0.2) is 170 Å². The summed E-state index contributed by atoms with van der Waals surface area (Å²) in [6, 6.07) is 31.7. The van der Waals surface area contributed by atoms with E-state index in [0.29, 0.717) is 117 Å². The number of nitrogens with zero attached hydrogens (tertiary/aromatic N) is 6. The van der Waals surface area contributed by atoms with Crippen LogP contribution in [0.25, 0.3) is 0 Å². The maximum Gasteiger partial charge on any atom is 0.410 e. The zero-order valence-electron chi connectivity index (χ0n) is 85.6. The highest BCUT2D eigenvalue weighted by Gasteiger charge is 2.66. The molecule has 0 radical (unpaired) electrons. The summed E-state index contributed by atoms with van der Waals surface area (Å²) in [5.74, 6) is 11.5. The molecule has 12 fully saturated rings. The normalized spacial score (nSPS) is 39.6. The van der Waals surface area contributed by atoms with E-state index in [4.69, 9.17) is 39.8 Å². The molecule has 18 aliphatic rings. The molecule has 7 aromatic rings. The second kappa shape index (κ2) is 36.5. The molecule has 12 aliphatic carbocycles. The first-order valence-electron chi connectivity index (χ1n) is 54.1. The lowest BCUT2D eigenvalue weighted by molar-refractivity contribution is -0.0794. The summed E-state index contributed by atoms with van der Waals surface area (Å²) in [4.78, 5) is 16.4. The number of allylic oxidation sites excluding steroid dienone is 3. The average molecular weight is 1980 g/mol.